The van der Waals surface area contributed by atoms with Crippen molar-refractivity contribution >= 4 is 0 Å². The third kappa shape index (κ3) is 2.70. The molecule has 0 radical (unpaired) electrons. The maximum Gasteiger partial charge on any atom is 0.258 e. The van der Waals surface area contributed by atoms with Crippen LogP contribution < -0.4 is 0 Å². The molecule has 0 aliphatic heterocycles. The number of nitrogens with zero attached hydrogens (tertiary/aromatic N) is 3. The molecule has 0 N–H and O–H groups in total. The van der Waals surface area contributed by atoms with Crippen LogP contribution in [0.15, 0.2) is 28.8 Å². The summed E-state index contributed by atoms with van der Waals surface area (Å²) in [4.78, 5) is 4.41. The Hall–Kier alpha value is -2.19. The standard InChI is InChI=1S/C15H17N3O2/c1-4-15(3,19-5-2)14-17-13(20-18-14)12-8-6-11(10-16)7-9-12/h6-9H,4-5H2,1-3H3. The van der Waals surface area contributed by atoms with Crippen molar-refractivity contribution in [2.75, 3.05) is 6.61 Å². The lowest BCUT2D eigenvalue weighted by atomic mass is 10.0. The molecule has 5 heteroatoms. The molecule has 0 aliphatic rings. The summed E-state index contributed by atoms with van der Waals surface area (Å²) in [7, 11) is 0. The number of rotatable bonds is 5. The zero-order valence-corrected chi connectivity index (χ0v) is 11.9. The molecule has 2 aromatic rings. The SMILES string of the molecule is CCOC(C)(CC)c1noc(-c2ccc(C#N)cc2)n1. The highest BCUT2D eigenvalue weighted by atomic mass is 16.5. The normalized spacial score (nSPS) is 13.7. The highest BCUT2D eigenvalue weighted by Gasteiger charge is 2.31. The second-order valence-electron chi connectivity index (χ2n) is 4.63. The first kappa shape index (κ1) is 14.2. The quantitative estimate of drug-likeness (QED) is 0.834. The van der Waals surface area contributed by atoms with E-state index in [0.29, 0.717) is 23.9 Å². The van der Waals surface area contributed by atoms with Gasteiger partial charge in [-0.1, -0.05) is 12.1 Å². The van der Waals surface area contributed by atoms with Crippen LogP contribution in [0.25, 0.3) is 11.5 Å². The number of ether oxygens (including phenoxy) is 1. The lowest BCUT2D eigenvalue weighted by Crippen LogP contribution is -2.26. The largest absolute Gasteiger partial charge is 0.367 e. The third-order valence-electron chi connectivity index (χ3n) is 3.30. The van der Waals surface area contributed by atoms with Gasteiger partial charge in [-0.15, -0.1) is 0 Å². The number of nitriles is 1. The van der Waals surface area contributed by atoms with E-state index in [2.05, 4.69) is 16.2 Å². The molecule has 0 fully saturated rings. The van der Waals surface area contributed by atoms with Gasteiger partial charge < -0.3 is 9.26 Å². The minimum absolute atomic E-state index is 0.434. The lowest BCUT2D eigenvalue weighted by Gasteiger charge is -2.23. The zero-order valence-electron chi connectivity index (χ0n) is 11.9. The highest BCUT2D eigenvalue weighted by Crippen LogP contribution is 2.28. The van der Waals surface area contributed by atoms with Gasteiger partial charge in [0.2, 0.25) is 5.82 Å². The number of hydrogen-bond acceptors (Lipinski definition) is 5. The van der Waals surface area contributed by atoms with Gasteiger partial charge in [0.1, 0.15) is 5.60 Å². The van der Waals surface area contributed by atoms with Crippen molar-refractivity contribution in [2.24, 2.45) is 0 Å². The van der Waals surface area contributed by atoms with Crippen molar-refractivity contribution in [1.29, 1.82) is 5.26 Å². The van der Waals surface area contributed by atoms with E-state index in [4.69, 9.17) is 14.5 Å². The van der Waals surface area contributed by atoms with Gasteiger partial charge in [0, 0.05) is 12.2 Å². The molecule has 1 heterocycles. The number of hydrogen-bond donors (Lipinski definition) is 0. The minimum Gasteiger partial charge on any atom is -0.367 e. The molecule has 0 saturated carbocycles. The average Bonchev–Trinajstić information content (AvgIpc) is 2.98. The lowest BCUT2D eigenvalue weighted by molar-refractivity contribution is -0.0403. The van der Waals surface area contributed by atoms with Gasteiger partial charge in [-0.05, 0) is 44.5 Å². The molecular weight excluding hydrogens is 254 g/mol. The van der Waals surface area contributed by atoms with Crippen molar-refractivity contribution < 1.29 is 9.26 Å². The topological polar surface area (TPSA) is 71.9 Å². The van der Waals surface area contributed by atoms with Crippen LogP contribution in [-0.2, 0) is 10.3 Å². The molecule has 5 nitrogen and oxygen atoms in total. The summed E-state index contributed by atoms with van der Waals surface area (Å²) in [5, 5.41) is 12.8. The predicted molar refractivity (Wildman–Crippen MR) is 73.7 cm³/mol. The Morgan fingerprint density at radius 3 is 2.55 bits per heavy atom. The monoisotopic (exact) mass is 271 g/mol. The van der Waals surface area contributed by atoms with Gasteiger partial charge in [0.15, 0.2) is 0 Å². The predicted octanol–water partition coefficient (Wildman–Crippen LogP) is 3.27. The first-order valence-corrected chi connectivity index (χ1v) is 6.61. The fourth-order valence-electron chi connectivity index (χ4n) is 1.89. The second-order valence-corrected chi connectivity index (χ2v) is 4.63. The summed E-state index contributed by atoms with van der Waals surface area (Å²) in [6.45, 7) is 6.50. The van der Waals surface area contributed by atoms with E-state index in [1.54, 1.807) is 24.3 Å². The van der Waals surface area contributed by atoms with Crippen LogP contribution in [0.3, 0.4) is 0 Å². The van der Waals surface area contributed by atoms with Crippen molar-refractivity contribution in [1.82, 2.24) is 10.1 Å². The van der Waals surface area contributed by atoms with Crippen LogP contribution in [0.4, 0.5) is 0 Å². The van der Waals surface area contributed by atoms with E-state index in [-0.39, 0.29) is 0 Å². The first-order valence-electron chi connectivity index (χ1n) is 6.61. The van der Waals surface area contributed by atoms with Crippen LogP contribution in [0.5, 0.6) is 0 Å². The van der Waals surface area contributed by atoms with Gasteiger partial charge in [0.05, 0.1) is 11.6 Å². The molecule has 104 valence electrons. The Kier molecular flexibility index (Phi) is 4.16. The number of aromatic nitrogens is 2. The molecular formula is C15H17N3O2. The summed E-state index contributed by atoms with van der Waals surface area (Å²) < 4.78 is 11.0. The molecule has 0 aliphatic carbocycles. The number of benzene rings is 1. The van der Waals surface area contributed by atoms with Gasteiger partial charge in [0.25, 0.3) is 5.89 Å². The smallest absolute Gasteiger partial charge is 0.258 e. The van der Waals surface area contributed by atoms with Crippen molar-refractivity contribution in [3.8, 4) is 17.5 Å². The Balaban J connectivity index is 2.30. The highest BCUT2D eigenvalue weighted by molar-refractivity contribution is 5.54. The van der Waals surface area contributed by atoms with E-state index < -0.39 is 5.60 Å². The van der Waals surface area contributed by atoms with Crippen LogP contribution in [0.2, 0.25) is 0 Å². The Morgan fingerprint density at radius 1 is 1.30 bits per heavy atom. The summed E-state index contributed by atoms with van der Waals surface area (Å²) in [5.41, 5.74) is 0.849. The van der Waals surface area contributed by atoms with Crippen LogP contribution >= 0.6 is 0 Å². The Morgan fingerprint density at radius 2 is 2.00 bits per heavy atom. The van der Waals surface area contributed by atoms with E-state index in [9.17, 15) is 0 Å². The average molecular weight is 271 g/mol. The van der Waals surface area contributed by atoms with E-state index >= 15 is 0 Å². The van der Waals surface area contributed by atoms with Crippen LogP contribution in [0, 0.1) is 11.3 Å². The maximum atomic E-state index is 8.78. The van der Waals surface area contributed by atoms with Crippen molar-refractivity contribution in [3.63, 3.8) is 0 Å². The van der Waals surface area contributed by atoms with Crippen molar-refractivity contribution in [3.05, 3.63) is 35.7 Å². The van der Waals surface area contributed by atoms with Gasteiger partial charge in [-0.25, -0.2) is 0 Å². The van der Waals surface area contributed by atoms with Crippen LogP contribution in [-0.4, -0.2) is 16.7 Å². The first-order chi connectivity index (χ1) is 9.62. The Labute approximate surface area is 118 Å². The molecule has 0 amide bonds. The summed E-state index contributed by atoms with van der Waals surface area (Å²) in [5.74, 6) is 0.977. The van der Waals surface area contributed by atoms with E-state index in [1.807, 2.05) is 20.8 Å². The van der Waals surface area contributed by atoms with Crippen LogP contribution in [0.1, 0.15) is 38.6 Å². The van der Waals surface area contributed by atoms with Gasteiger partial charge in [-0.2, -0.15) is 10.2 Å². The Bertz CT molecular complexity index is 613. The molecule has 0 spiro atoms. The summed E-state index contributed by atoms with van der Waals surface area (Å²) in [6.07, 6.45) is 0.757. The van der Waals surface area contributed by atoms with E-state index in [0.717, 1.165) is 12.0 Å². The second kappa shape index (κ2) is 5.85. The third-order valence-corrected chi connectivity index (χ3v) is 3.30. The molecule has 0 saturated heterocycles. The molecule has 2 rings (SSSR count). The summed E-state index contributed by atoms with van der Waals surface area (Å²) >= 11 is 0. The fourth-order valence-corrected chi connectivity index (χ4v) is 1.89. The molecule has 1 aromatic carbocycles. The van der Waals surface area contributed by atoms with Gasteiger partial charge in [-0.3, -0.25) is 0 Å². The minimum atomic E-state index is -0.539. The fraction of sp³-hybridized carbons (Fsp3) is 0.400. The summed E-state index contributed by atoms with van der Waals surface area (Å²) in [6, 6.07) is 9.10. The maximum absolute atomic E-state index is 8.78. The molecule has 1 unspecified atom stereocenters. The van der Waals surface area contributed by atoms with E-state index in [1.165, 1.54) is 0 Å². The molecule has 1 atom stereocenters. The molecule has 0 bridgehead atoms. The van der Waals surface area contributed by atoms with Crippen molar-refractivity contribution in [2.45, 2.75) is 32.8 Å². The van der Waals surface area contributed by atoms with Gasteiger partial charge >= 0.3 is 0 Å². The zero-order chi connectivity index (χ0) is 14.6. The molecule has 20 heavy (non-hydrogen) atoms. The molecule has 1 aromatic heterocycles.